The molecule has 4 nitrogen and oxygen atoms in total. The highest BCUT2D eigenvalue weighted by atomic mass is 16.5. The van der Waals surface area contributed by atoms with Crippen LogP contribution in [0.5, 0.6) is 0 Å². The van der Waals surface area contributed by atoms with E-state index in [4.69, 9.17) is 4.74 Å². The Labute approximate surface area is 97.0 Å². The van der Waals surface area contributed by atoms with E-state index in [0.29, 0.717) is 6.04 Å². The first-order chi connectivity index (χ1) is 7.75. The summed E-state index contributed by atoms with van der Waals surface area (Å²) >= 11 is 0. The van der Waals surface area contributed by atoms with Crippen LogP contribution in [0.4, 0.5) is 5.95 Å². The van der Waals surface area contributed by atoms with Crippen LogP contribution in [-0.4, -0.2) is 28.8 Å². The van der Waals surface area contributed by atoms with E-state index < -0.39 is 0 Å². The van der Waals surface area contributed by atoms with Crippen LogP contribution in [0.25, 0.3) is 0 Å². The molecule has 0 saturated carbocycles. The van der Waals surface area contributed by atoms with Crippen LogP contribution >= 0.6 is 0 Å². The van der Waals surface area contributed by atoms with Crippen molar-refractivity contribution in [2.45, 2.75) is 39.3 Å². The second-order valence-corrected chi connectivity index (χ2v) is 4.76. The summed E-state index contributed by atoms with van der Waals surface area (Å²) in [4.78, 5) is 4.34. The van der Waals surface area contributed by atoms with Gasteiger partial charge in [-0.2, -0.15) is 0 Å². The predicted octanol–water partition coefficient (Wildman–Crippen LogP) is 2.13. The van der Waals surface area contributed by atoms with E-state index in [1.165, 1.54) is 12.8 Å². The third-order valence-corrected chi connectivity index (χ3v) is 2.93. The standard InChI is InChI=1S/C12H21N3O/c1-10(2)14-12-13-5-6-15(12)9-11-3-7-16-8-4-11/h5-6,10-11H,3-4,7-9H2,1-2H3,(H,13,14). The first kappa shape index (κ1) is 11.5. The molecule has 16 heavy (non-hydrogen) atoms. The van der Waals surface area contributed by atoms with E-state index in [-0.39, 0.29) is 0 Å². The van der Waals surface area contributed by atoms with Gasteiger partial charge in [0.15, 0.2) is 0 Å². The van der Waals surface area contributed by atoms with Gasteiger partial charge in [-0.3, -0.25) is 0 Å². The molecule has 0 amide bonds. The molecule has 1 N–H and O–H groups in total. The Morgan fingerprint density at radius 1 is 1.50 bits per heavy atom. The van der Waals surface area contributed by atoms with E-state index >= 15 is 0 Å². The highest BCUT2D eigenvalue weighted by molar-refractivity contribution is 5.26. The van der Waals surface area contributed by atoms with Crippen LogP contribution in [0, 0.1) is 5.92 Å². The molecule has 0 aliphatic carbocycles. The number of ether oxygens (including phenoxy) is 1. The number of rotatable bonds is 4. The lowest BCUT2D eigenvalue weighted by atomic mass is 10.0. The van der Waals surface area contributed by atoms with Crippen molar-refractivity contribution in [1.82, 2.24) is 9.55 Å². The van der Waals surface area contributed by atoms with Crippen LogP contribution in [0.2, 0.25) is 0 Å². The van der Waals surface area contributed by atoms with E-state index in [1.807, 2.05) is 6.20 Å². The molecule has 0 radical (unpaired) electrons. The Bertz CT molecular complexity index is 316. The molecule has 0 atom stereocenters. The summed E-state index contributed by atoms with van der Waals surface area (Å²) in [6.07, 6.45) is 6.25. The normalized spacial score (nSPS) is 17.9. The molecular weight excluding hydrogens is 202 g/mol. The zero-order valence-corrected chi connectivity index (χ0v) is 10.1. The van der Waals surface area contributed by atoms with Crippen molar-refractivity contribution in [1.29, 1.82) is 0 Å². The largest absolute Gasteiger partial charge is 0.381 e. The molecule has 1 saturated heterocycles. The molecule has 1 aliphatic heterocycles. The van der Waals surface area contributed by atoms with Gasteiger partial charge < -0.3 is 14.6 Å². The van der Waals surface area contributed by atoms with Gasteiger partial charge in [0.05, 0.1) is 0 Å². The fourth-order valence-corrected chi connectivity index (χ4v) is 2.06. The van der Waals surface area contributed by atoms with Gasteiger partial charge in [-0.15, -0.1) is 0 Å². The minimum atomic E-state index is 0.427. The number of nitrogens with one attached hydrogen (secondary N) is 1. The van der Waals surface area contributed by atoms with Crippen molar-refractivity contribution in [2.75, 3.05) is 18.5 Å². The second kappa shape index (κ2) is 5.34. The van der Waals surface area contributed by atoms with Gasteiger partial charge in [0, 0.05) is 38.2 Å². The Kier molecular flexibility index (Phi) is 3.83. The molecule has 0 spiro atoms. The first-order valence-corrected chi connectivity index (χ1v) is 6.11. The summed E-state index contributed by atoms with van der Waals surface area (Å²) in [5.74, 6) is 1.72. The van der Waals surface area contributed by atoms with Gasteiger partial charge in [0.1, 0.15) is 0 Å². The molecule has 0 bridgehead atoms. The molecular formula is C12H21N3O. The van der Waals surface area contributed by atoms with E-state index in [1.54, 1.807) is 0 Å². The zero-order valence-electron chi connectivity index (χ0n) is 10.1. The van der Waals surface area contributed by atoms with Gasteiger partial charge in [0.2, 0.25) is 5.95 Å². The lowest BCUT2D eigenvalue weighted by Gasteiger charge is -2.23. The van der Waals surface area contributed by atoms with E-state index in [2.05, 4.69) is 34.9 Å². The number of imidazole rings is 1. The summed E-state index contributed by atoms with van der Waals surface area (Å²) in [6, 6.07) is 0.427. The number of hydrogen-bond donors (Lipinski definition) is 1. The van der Waals surface area contributed by atoms with Gasteiger partial charge >= 0.3 is 0 Å². The minimum Gasteiger partial charge on any atom is -0.381 e. The summed E-state index contributed by atoms with van der Waals surface area (Å²) in [5.41, 5.74) is 0. The molecule has 1 fully saturated rings. The van der Waals surface area contributed by atoms with Gasteiger partial charge in [-0.05, 0) is 32.6 Å². The SMILES string of the molecule is CC(C)Nc1nccn1CC1CCOCC1. The van der Waals surface area contributed by atoms with Crippen molar-refractivity contribution in [2.24, 2.45) is 5.92 Å². The summed E-state index contributed by atoms with van der Waals surface area (Å²) in [5, 5.41) is 3.36. The lowest BCUT2D eigenvalue weighted by molar-refractivity contribution is 0.0614. The van der Waals surface area contributed by atoms with Gasteiger partial charge in [0.25, 0.3) is 0 Å². The molecule has 0 aromatic carbocycles. The molecule has 90 valence electrons. The highest BCUT2D eigenvalue weighted by Crippen LogP contribution is 2.19. The Hall–Kier alpha value is -1.03. The number of hydrogen-bond acceptors (Lipinski definition) is 3. The summed E-state index contributed by atoms with van der Waals surface area (Å²) < 4.78 is 7.59. The van der Waals surface area contributed by atoms with E-state index in [9.17, 15) is 0 Å². The molecule has 2 rings (SSSR count). The Morgan fingerprint density at radius 2 is 2.25 bits per heavy atom. The molecule has 2 heterocycles. The average molecular weight is 223 g/mol. The van der Waals surface area contributed by atoms with Crippen molar-refractivity contribution in [3.63, 3.8) is 0 Å². The molecule has 1 aromatic rings. The fourth-order valence-electron chi connectivity index (χ4n) is 2.06. The molecule has 1 aliphatic rings. The van der Waals surface area contributed by atoms with Crippen molar-refractivity contribution >= 4 is 5.95 Å². The quantitative estimate of drug-likeness (QED) is 0.850. The maximum absolute atomic E-state index is 5.37. The first-order valence-electron chi connectivity index (χ1n) is 6.11. The Balaban J connectivity index is 1.94. The van der Waals surface area contributed by atoms with Crippen molar-refractivity contribution in [3.8, 4) is 0 Å². The lowest BCUT2D eigenvalue weighted by Crippen LogP contribution is -2.22. The molecule has 1 aromatic heterocycles. The fraction of sp³-hybridized carbons (Fsp3) is 0.750. The third kappa shape index (κ3) is 2.98. The number of anilines is 1. The minimum absolute atomic E-state index is 0.427. The average Bonchev–Trinajstić information content (AvgIpc) is 2.66. The van der Waals surface area contributed by atoms with Crippen molar-refractivity contribution < 1.29 is 4.74 Å². The van der Waals surface area contributed by atoms with Crippen LogP contribution in [0.15, 0.2) is 12.4 Å². The maximum Gasteiger partial charge on any atom is 0.202 e. The predicted molar refractivity (Wildman–Crippen MR) is 64.5 cm³/mol. The monoisotopic (exact) mass is 223 g/mol. The van der Waals surface area contributed by atoms with Crippen LogP contribution in [-0.2, 0) is 11.3 Å². The maximum atomic E-state index is 5.37. The van der Waals surface area contributed by atoms with Crippen LogP contribution in [0.3, 0.4) is 0 Å². The zero-order chi connectivity index (χ0) is 11.4. The van der Waals surface area contributed by atoms with Crippen LogP contribution in [0.1, 0.15) is 26.7 Å². The number of aromatic nitrogens is 2. The smallest absolute Gasteiger partial charge is 0.202 e. The van der Waals surface area contributed by atoms with E-state index in [0.717, 1.165) is 31.6 Å². The van der Waals surface area contributed by atoms with Gasteiger partial charge in [-0.25, -0.2) is 4.98 Å². The summed E-state index contributed by atoms with van der Waals surface area (Å²) in [6.45, 7) is 7.14. The Morgan fingerprint density at radius 3 is 2.94 bits per heavy atom. The third-order valence-electron chi connectivity index (χ3n) is 2.93. The second-order valence-electron chi connectivity index (χ2n) is 4.76. The highest BCUT2D eigenvalue weighted by Gasteiger charge is 2.15. The molecule has 4 heteroatoms. The summed E-state index contributed by atoms with van der Waals surface area (Å²) in [7, 11) is 0. The van der Waals surface area contributed by atoms with Crippen molar-refractivity contribution in [3.05, 3.63) is 12.4 Å². The molecule has 0 unspecified atom stereocenters. The topological polar surface area (TPSA) is 39.1 Å². The van der Waals surface area contributed by atoms with Gasteiger partial charge in [-0.1, -0.05) is 0 Å². The number of nitrogens with zero attached hydrogens (tertiary/aromatic N) is 2. The van der Waals surface area contributed by atoms with Crippen LogP contribution < -0.4 is 5.32 Å².